The van der Waals surface area contributed by atoms with Crippen molar-refractivity contribution in [3.63, 3.8) is 0 Å². The molecule has 0 saturated carbocycles. The fourth-order valence-corrected chi connectivity index (χ4v) is 2.87. The Kier molecular flexibility index (Phi) is 7.12. The molecule has 3 aromatic rings. The molecule has 1 aromatic heterocycles. The maximum atomic E-state index is 12.7. The van der Waals surface area contributed by atoms with Crippen LogP contribution in [0.4, 0.5) is 0 Å². The molecule has 1 N–H and O–H groups in total. The van der Waals surface area contributed by atoms with Gasteiger partial charge in [0.2, 0.25) is 5.75 Å². The lowest BCUT2D eigenvalue weighted by molar-refractivity contribution is 0.0733. The number of methoxy groups -OCH3 is 3. The van der Waals surface area contributed by atoms with E-state index in [2.05, 4.69) is 10.5 Å². The average Bonchev–Trinajstić information content (AvgIpc) is 3.24. The van der Waals surface area contributed by atoms with Crippen LogP contribution in [0.1, 0.15) is 32.0 Å². The predicted molar refractivity (Wildman–Crippen MR) is 116 cm³/mol. The summed E-state index contributed by atoms with van der Waals surface area (Å²) in [5.74, 6) is 0.839. The lowest BCUT2D eigenvalue weighted by Gasteiger charge is -2.13. The molecular formula is C23H22N2O7. The normalized spacial score (nSPS) is 10.6. The first-order valence-corrected chi connectivity index (χ1v) is 9.46. The molecule has 0 aliphatic carbocycles. The van der Waals surface area contributed by atoms with Gasteiger partial charge in [-0.15, -0.1) is 0 Å². The third kappa shape index (κ3) is 5.07. The molecule has 9 heteroatoms. The Bertz CT molecular complexity index is 1130. The van der Waals surface area contributed by atoms with Crippen molar-refractivity contribution in [3.8, 4) is 23.0 Å². The Labute approximate surface area is 184 Å². The van der Waals surface area contributed by atoms with Gasteiger partial charge in [-0.05, 0) is 42.8 Å². The lowest BCUT2D eigenvalue weighted by Crippen LogP contribution is -2.17. The summed E-state index contributed by atoms with van der Waals surface area (Å²) in [6.07, 6.45) is 2.86. The predicted octanol–water partition coefficient (Wildman–Crippen LogP) is 3.60. The minimum absolute atomic E-state index is 0.223. The van der Waals surface area contributed by atoms with E-state index in [1.165, 1.54) is 45.9 Å². The van der Waals surface area contributed by atoms with E-state index in [1.54, 1.807) is 37.3 Å². The smallest absolute Gasteiger partial charge is 0.343 e. The number of ether oxygens (including phenoxy) is 4. The average molecular weight is 438 g/mol. The van der Waals surface area contributed by atoms with E-state index < -0.39 is 11.9 Å². The van der Waals surface area contributed by atoms with Gasteiger partial charge in [-0.1, -0.05) is 12.1 Å². The van der Waals surface area contributed by atoms with Crippen LogP contribution in [-0.2, 0) is 0 Å². The highest BCUT2D eigenvalue weighted by Crippen LogP contribution is 2.38. The number of aryl methyl sites for hydroxylation is 1. The third-order valence-corrected chi connectivity index (χ3v) is 4.45. The van der Waals surface area contributed by atoms with Gasteiger partial charge >= 0.3 is 5.97 Å². The quantitative estimate of drug-likeness (QED) is 0.248. The second kappa shape index (κ2) is 10.2. The summed E-state index contributed by atoms with van der Waals surface area (Å²) in [5, 5.41) is 3.93. The molecule has 0 saturated heterocycles. The molecule has 0 fully saturated rings. The summed E-state index contributed by atoms with van der Waals surface area (Å²) in [5.41, 5.74) is 3.66. The molecule has 0 aliphatic rings. The largest absolute Gasteiger partial charge is 0.493 e. The Morgan fingerprint density at radius 3 is 2.31 bits per heavy atom. The number of carbonyl (C=O) groups is 2. The number of hydrazone groups is 1. The van der Waals surface area contributed by atoms with Crippen LogP contribution >= 0.6 is 0 Å². The molecule has 2 aromatic carbocycles. The first-order valence-electron chi connectivity index (χ1n) is 9.46. The molecule has 166 valence electrons. The topological polar surface area (TPSA) is 109 Å². The van der Waals surface area contributed by atoms with Gasteiger partial charge in [0.05, 0.1) is 44.9 Å². The number of hydrogen-bond acceptors (Lipinski definition) is 8. The third-order valence-electron chi connectivity index (χ3n) is 4.45. The molecule has 0 aliphatic heterocycles. The van der Waals surface area contributed by atoms with Gasteiger partial charge < -0.3 is 23.4 Å². The zero-order valence-corrected chi connectivity index (χ0v) is 18.0. The van der Waals surface area contributed by atoms with E-state index in [0.29, 0.717) is 39.9 Å². The zero-order chi connectivity index (χ0) is 23.1. The van der Waals surface area contributed by atoms with Crippen LogP contribution in [0.15, 0.2) is 58.2 Å². The van der Waals surface area contributed by atoms with Crippen molar-refractivity contribution in [2.75, 3.05) is 21.3 Å². The first kappa shape index (κ1) is 22.4. The number of nitrogens with one attached hydrogen (secondary N) is 1. The highest BCUT2D eigenvalue weighted by atomic mass is 16.5. The van der Waals surface area contributed by atoms with Gasteiger partial charge in [-0.2, -0.15) is 5.10 Å². The molecule has 0 bridgehead atoms. The number of nitrogens with zero attached hydrogens (tertiary/aromatic N) is 1. The van der Waals surface area contributed by atoms with Crippen LogP contribution < -0.4 is 24.4 Å². The Hall–Kier alpha value is -4.27. The van der Waals surface area contributed by atoms with Crippen molar-refractivity contribution in [2.24, 2.45) is 5.10 Å². The SMILES string of the molecule is COc1cc(C(=O)Oc2cccc(C=NNC(=O)c3ccoc3C)c2)cc(OC)c1OC. The van der Waals surface area contributed by atoms with Crippen molar-refractivity contribution in [3.05, 3.63) is 71.2 Å². The van der Waals surface area contributed by atoms with Crippen LogP contribution in [0, 0.1) is 6.92 Å². The Morgan fingerprint density at radius 2 is 1.72 bits per heavy atom. The molecule has 0 radical (unpaired) electrons. The summed E-state index contributed by atoms with van der Waals surface area (Å²) >= 11 is 0. The second-order valence-corrected chi connectivity index (χ2v) is 6.47. The molecule has 0 unspecified atom stereocenters. The maximum Gasteiger partial charge on any atom is 0.343 e. The van der Waals surface area contributed by atoms with Gasteiger partial charge in [0, 0.05) is 0 Å². The van der Waals surface area contributed by atoms with Crippen LogP contribution in [0.25, 0.3) is 0 Å². The summed E-state index contributed by atoms with van der Waals surface area (Å²) in [7, 11) is 4.40. The van der Waals surface area contributed by atoms with Gasteiger partial charge in [0.1, 0.15) is 11.5 Å². The molecule has 1 heterocycles. The minimum Gasteiger partial charge on any atom is -0.493 e. The van der Waals surface area contributed by atoms with Crippen molar-refractivity contribution in [1.29, 1.82) is 0 Å². The lowest BCUT2D eigenvalue weighted by atomic mass is 10.1. The summed E-state index contributed by atoms with van der Waals surface area (Å²) < 4.78 is 26.4. The zero-order valence-electron chi connectivity index (χ0n) is 18.0. The van der Waals surface area contributed by atoms with Crippen molar-refractivity contribution in [2.45, 2.75) is 6.92 Å². The van der Waals surface area contributed by atoms with E-state index in [0.717, 1.165) is 0 Å². The fraction of sp³-hybridized carbons (Fsp3) is 0.174. The molecule has 0 atom stereocenters. The van der Waals surface area contributed by atoms with E-state index in [-0.39, 0.29) is 5.56 Å². The monoisotopic (exact) mass is 438 g/mol. The first-order chi connectivity index (χ1) is 15.5. The molecule has 9 nitrogen and oxygen atoms in total. The molecule has 3 rings (SSSR count). The Morgan fingerprint density at radius 1 is 1.00 bits per heavy atom. The van der Waals surface area contributed by atoms with Crippen molar-refractivity contribution in [1.82, 2.24) is 5.43 Å². The van der Waals surface area contributed by atoms with E-state index >= 15 is 0 Å². The van der Waals surface area contributed by atoms with Crippen LogP contribution in [0.5, 0.6) is 23.0 Å². The van der Waals surface area contributed by atoms with Gasteiger partial charge in [-0.3, -0.25) is 4.79 Å². The van der Waals surface area contributed by atoms with E-state index in [9.17, 15) is 9.59 Å². The highest BCUT2D eigenvalue weighted by Gasteiger charge is 2.18. The van der Waals surface area contributed by atoms with Crippen LogP contribution in [0.2, 0.25) is 0 Å². The second-order valence-electron chi connectivity index (χ2n) is 6.47. The number of amides is 1. The standard InChI is InChI=1S/C23H22N2O7/c1-14-18(8-9-31-14)22(26)25-24-13-15-6-5-7-17(10-15)32-23(27)16-11-19(28-2)21(30-4)20(12-16)29-3/h5-13H,1-4H3,(H,25,26). The van der Waals surface area contributed by atoms with Crippen molar-refractivity contribution < 1.29 is 33.0 Å². The summed E-state index contributed by atoms with van der Waals surface area (Å²) in [6.45, 7) is 1.68. The number of hydrogen-bond donors (Lipinski definition) is 1. The molecular weight excluding hydrogens is 416 g/mol. The van der Waals surface area contributed by atoms with Crippen LogP contribution in [-0.4, -0.2) is 39.4 Å². The summed E-state index contributed by atoms with van der Waals surface area (Å²) in [6, 6.07) is 11.2. The number of rotatable bonds is 8. The molecule has 32 heavy (non-hydrogen) atoms. The number of furan rings is 1. The number of benzene rings is 2. The maximum absolute atomic E-state index is 12.7. The molecule has 1 amide bonds. The Balaban J connectivity index is 1.71. The van der Waals surface area contributed by atoms with Gasteiger partial charge in [0.15, 0.2) is 11.5 Å². The molecule has 0 spiro atoms. The summed E-state index contributed by atoms with van der Waals surface area (Å²) in [4.78, 5) is 24.7. The van der Waals surface area contributed by atoms with Crippen LogP contribution in [0.3, 0.4) is 0 Å². The van der Waals surface area contributed by atoms with Gasteiger partial charge in [0.25, 0.3) is 5.91 Å². The fourth-order valence-electron chi connectivity index (χ4n) is 2.87. The van der Waals surface area contributed by atoms with E-state index in [4.69, 9.17) is 23.4 Å². The van der Waals surface area contributed by atoms with Gasteiger partial charge in [-0.25, -0.2) is 10.2 Å². The number of esters is 1. The van der Waals surface area contributed by atoms with Crippen molar-refractivity contribution >= 4 is 18.1 Å². The highest BCUT2D eigenvalue weighted by molar-refractivity contribution is 5.96. The number of carbonyl (C=O) groups excluding carboxylic acids is 2. The van der Waals surface area contributed by atoms with E-state index in [1.807, 2.05) is 0 Å². The minimum atomic E-state index is -0.609.